The van der Waals surface area contributed by atoms with Crippen molar-refractivity contribution in [1.82, 2.24) is 20.3 Å². The van der Waals surface area contributed by atoms with Crippen molar-refractivity contribution in [3.8, 4) is 10.6 Å². The molecule has 3 aromatic rings. The van der Waals surface area contributed by atoms with Gasteiger partial charge >= 0.3 is 0 Å². The lowest BCUT2D eigenvalue weighted by atomic mass is 9.88. The Morgan fingerprint density at radius 1 is 1.21 bits per heavy atom. The highest BCUT2D eigenvalue weighted by Crippen LogP contribution is 2.34. The minimum atomic E-state index is -3.65. The van der Waals surface area contributed by atoms with Gasteiger partial charge in [-0.3, -0.25) is 8.98 Å². The van der Waals surface area contributed by atoms with Crippen molar-refractivity contribution >= 4 is 44.9 Å². The summed E-state index contributed by atoms with van der Waals surface area (Å²) in [5.41, 5.74) is 1.48. The number of nitrogens with one attached hydrogen (secondary N) is 2. The number of rotatable bonds is 8. The van der Waals surface area contributed by atoms with E-state index in [1.165, 1.54) is 0 Å². The highest BCUT2D eigenvalue weighted by atomic mass is 35.5. The minimum absolute atomic E-state index is 0.130. The van der Waals surface area contributed by atoms with Crippen LogP contribution >= 0.6 is 22.9 Å². The topological polar surface area (TPSA) is 123 Å². The predicted octanol–water partition coefficient (Wildman–Crippen LogP) is 3.62. The highest BCUT2D eigenvalue weighted by molar-refractivity contribution is 7.86. The number of nitrogens with zero attached hydrogens (tertiary/aromatic N) is 3. The minimum Gasteiger partial charge on any atom is -0.355 e. The number of aromatic nitrogens is 3. The molecule has 0 bridgehead atoms. The van der Waals surface area contributed by atoms with Gasteiger partial charge in [-0.1, -0.05) is 23.7 Å². The molecular formula is C22H24ClN5O4S2. The normalized spacial score (nSPS) is 20.1. The number of thiazole rings is 1. The number of carbonyl (C=O) groups is 1. The maximum Gasteiger partial charge on any atom is 0.264 e. The summed E-state index contributed by atoms with van der Waals surface area (Å²) in [5.74, 6) is -0.885. The predicted molar refractivity (Wildman–Crippen MR) is 131 cm³/mol. The standard InChI is InChI=1S/C22H24ClN5O4S2/c1-12(18-11-26-21(33-18)14-4-6-15(23)7-5-14)27-22-24-9-8-17(28-22)19-16(10-25-20(19)29)13(2)32-34(3,30)31/h4-9,11-13,16,19H,10H2,1-3H3,(H,25,29)(H,24,27,28)/t12-,13-,16?,19+/m0/s1. The van der Waals surface area contributed by atoms with E-state index in [4.69, 9.17) is 15.8 Å². The maximum atomic E-state index is 12.6. The number of hydrogen-bond acceptors (Lipinski definition) is 9. The van der Waals surface area contributed by atoms with Gasteiger partial charge < -0.3 is 10.6 Å². The fourth-order valence-electron chi connectivity index (χ4n) is 3.87. The number of amides is 1. The first-order chi connectivity index (χ1) is 16.1. The Hall–Kier alpha value is -2.60. The maximum absolute atomic E-state index is 12.6. The average molecular weight is 522 g/mol. The zero-order valence-corrected chi connectivity index (χ0v) is 21.1. The lowest BCUT2D eigenvalue weighted by Crippen LogP contribution is -2.29. The third-order valence-corrected chi connectivity index (χ3v) is 7.67. The van der Waals surface area contributed by atoms with Gasteiger partial charge in [0.25, 0.3) is 10.1 Å². The Labute approximate surface area is 207 Å². The molecule has 1 amide bonds. The summed E-state index contributed by atoms with van der Waals surface area (Å²) < 4.78 is 28.3. The fraction of sp³-hybridized carbons (Fsp3) is 0.364. The quantitative estimate of drug-likeness (QED) is 0.431. The summed E-state index contributed by atoms with van der Waals surface area (Å²) >= 11 is 7.52. The molecule has 1 saturated heterocycles. The van der Waals surface area contributed by atoms with Gasteiger partial charge in [0.1, 0.15) is 5.01 Å². The number of hydrogen-bond donors (Lipinski definition) is 2. The molecule has 9 nitrogen and oxygen atoms in total. The van der Waals surface area contributed by atoms with Gasteiger partial charge in [0.15, 0.2) is 0 Å². The Bertz CT molecular complexity index is 1280. The van der Waals surface area contributed by atoms with Gasteiger partial charge in [0, 0.05) is 40.3 Å². The van der Waals surface area contributed by atoms with Crippen molar-refractivity contribution in [1.29, 1.82) is 0 Å². The molecule has 4 rings (SSSR count). The van der Waals surface area contributed by atoms with Crippen LogP contribution in [0.2, 0.25) is 5.02 Å². The monoisotopic (exact) mass is 521 g/mol. The molecule has 4 atom stereocenters. The van der Waals surface area contributed by atoms with E-state index in [-0.39, 0.29) is 17.9 Å². The van der Waals surface area contributed by atoms with E-state index in [1.54, 1.807) is 36.7 Å². The third kappa shape index (κ3) is 5.72. The lowest BCUT2D eigenvalue weighted by Gasteiger charge is -2.22. The summed E-state index contributed by atoms with van der Waals surface area (Å²) in [6.45, 7) is 3.92. The number of halogens is 1. The second-order valence-electron chi connectivity index (χ2n) is 8.14. The number of carbonyl (C=O) groups excluding carboxylic acids is 1. The molecule has 2 aromatic heterocycles. The first-order valence-corrected chi connectivity index (χ1v) is 13.6. The second-order valence-corrected chi connectivity index (χ2v) is 11.2. The van der Waals surface area contributed by atoms with Crippen molar-refractivity contribution in [2.24, 2.45) is 5.92 Å². The van der Waals surface area contributed by atoms with E-state index in [9.17, 15) is 13.2 Å². The van der Waals surface area contributed by atoms with Gasteiger partial charge in [-0.2, -0.15) is 8.42 Å². The molecule has 1 unspecified atom stereocenters. The van der Waals surface area contributed by atoms with E-state index in [0.717, 1.165) is 21.7 Å². The van der Waals surface area contributed by atoms with E-state index >= 15 is 0 Å². The van der Waals surface area contributed by atoms with Crippen LogP contribution in [0.5, 0.6) is 0 Å². The largest absolute Gasteiger partial charge is 0.355 e. The van der Waals surface area contributed by atoms with E-state index in [2.05, 4.69) is 25.6 Å². The second kappa shape index (κ2) is 9.95. The van der Waals surface area contributed by atoms with Crippen molar-refractivity contribution in [2.75, 3.05) is 18.1 Å². The van der Waals surface area contributed by atoms with Crippen molar-refractivity contribution in [2.45, 2.75) is 31.9 Å². The average Bonchev–Trinajstić information content (AvgIpc) is 3.40. The lowest BCUT2D eigenvalue weighted by molar-refractivity contribution is -0.121. The first-order valence-electron chi connectivity index (χ1n) is 10.6. The molecule has 34 heavy (non-hydrogen) atoms. The van der Waals surface area contributed by atoms with Gasteiger partial charge in [0.05, 0.1) is 30.0 Å². The van der Waals surface area contributed by atoms with Crippen LogP contribution in [-0.4, -0.2) is 48.2 Å². The Balaban J connectivity index is 1.50. The zero-order valence-electron chi connectivity index (χ0n) is 18.7. The van der Waals surface area contributed by atoms with Crippen LogP contribution in [0.1, 0.15) is 36.4 Å². The molecule has 3 heterocycles. The van der Waals surface area contributed by atoms with Crippen LogP contribution in [0, 0.1) is 5.92 Å². The van der Waals surface area contributed by atoms with Gasteiger partial charge in [0.2, 0.25) is 11.9 Å². The smallest absolute Gasteiger partial charge is 0.264 e. The van der Waals surface area contributed by atoms with Crippen LogP contribution in [0.4, 0.5) is 5.95 Å². The number of benzene rings is 1. The van der Waals surface area contributed by atoms with Crippen molar-refractivity contribution in [3.63, 3.8) is 0 Å². The fourth-order valence-corrected chi connectivity index (χ4v) is 5.62. The van der Waals surface area contributed by atoms with E-state index in [0.29, 0.717) is 23.2 Å². The Kier molecular flexibility index (Phi) is 7.17. The molecule has 1 aliphatic heterocycles. The molecule has 2 N–H and O–H groups in total. The van der Waals surface area contributed by atoms with E-state index < -0.39 is 22.1 Å². The van der Waals surface area contributed by atoms with Crippen LogP contribution in [0.25, 0.3) is 10.6 Å². The molecule has 0 aliphatic carbocycles. The molecule has 0 spiro atoms. The van der Waals surface area contributed by atoms with Crippen molar-refractivity contribution < 1.29 is 17.4 Å². The molecule has 0 saturated carbocycles. The Morgan fingerprint density at radius 3 is 2.65 bits per heavy atom. The molecule has 1 aromatic carbocycles. The molecule has 0 radical (unpaired) electrons. The summed E-state index contributed by atoms with van der Waals surface area (Å²) in [7, 11) is -3.65. The molecule has 1 aliphatic rings. The highest BCUT2D eigenvalue weighted by Gasteiger charge is 2.41. The summed E-state index contributed by atoms with van der Waals surface area (Å²) in [6.07, 6.45) is 3.69. The van der Waals surface area contributed by atoms with Crippen LogP contribution in [0.3, 0.4) is 0 Å². The van der Waals surface area contributed by atoms with Gasteiger partial charge in [-0.25, -0.2) is 15.0 Å². The molecule has 12 heteroatoms. The van der Waals surface area contributed by atoms with Gasteiger partial charge in [-0.15, -0.1) is 11.3 Å². The summed E-state index contributed by atoms with van der Waals surface area (Å²) in [4.78, 5) is 26.9. The Morgan fingerprint density at radius 2 is 1.94 bits per heavy atom. The third-order valence-electron chi connectivity index (χ3n) is 5.54. The van der Waals surface area contributed by atoms with Crippen LogP contribution < -0.4 is 10.6 Å². The van der Waals surface area contributed by atoms with Gasteiger partial charge in [-0.05, 0) is 32.0 Å². The summed E-state index contributed by atoms with van der Waals surface area (Å²) in [6, 6.07) is 9.03. The zero-order chi connectivity index (χ0) is 24.5. The van der Waals surface area contributed by atoms with Crippen molar-refractivity contribution in [3.05, 3.63) is 58.3 Å². The molecule has 180 valence electrons. The summed E-state index contributed by atoms with van der Waals surface area (Å²) in [5, 5.41) is 7.59. The van der Waals surface area contributed by atoms with Crippen LogP contribution in [-0.2, 0) is 19.1 Å². The SMILES string of the molecule is C[C@H](Nc1nccc([C@@H]2C(=O)NCC2[C@H](C)OS(C)(=O)=O)n1)c1cnc(-c2ccc(Cl)cc2)s1. The first kappa shape index (κ1) is 24.5. The molecular weight excluding hydrogens is 498 g/mol. The molecule has 1 fully saturated rings. The van der Waals surface area contributed by atoms with E-state index in [1.807, 2.05) is 31.2 Å². The van der Waals surface area contributed by atoms with Crippen LogP contribution in [0.15, 0.2) is 42.7 Å². The number of anilines is 1.